The molecule has 6 nitrogen and oxygen atoms in total. The molecule has 1 amide bonds. The van der Waals surface area contributed by atoms with Gasteiger partial charge in [0.15, 0.2) is 0 Å². The predicted octanol–water partition coefficient (Wildman–Crippen LogP) is 2.20. The Balaban J connectivity index is 3.08. The van der Waals surface area contributed by atoms with Crippen molar-refractivity contribution in [2.45, 2.75) is 13.3 Å². The number of aliphatic hydroxyl groups is 1. The first-order chi connectivity index (χ1) is 9.01. The number of non-ortho nitro benzene ring substituents is 1. The van der Waals surface area contributed by atoms with Crippen LogP contribution in [0.25, 0.3) is 0 Å². The molecule has 0 aliphatic rings. The summed E-state index contributed by atoms with van der Waals surface area (Å²) in [6.07, 6.45) is 0.748. The summed E-state index contributed by atoms with van der Waals surface area (Å²) in [5.41, 5.74) is 0.100. The molecular weight excluding hydrogens is 316 g/mol. The third-order valence-electron chi connectivity index (χ3n) is 2.54. The van der Waals surface area contributed by atoms with Gasteiger partial charge in [-0.3, -0.25) is 14.9 Å². The quantitative estimate of drug-likeness (QED) is 0.640. The number of nitro benzene ring substituents is 1. The first-order valence-corrected chi connectivity index (χ1v) is 6.64. The molecule has 0 aliphatic heterocycles. The van der Waals surface area contributed by atoms with Gasteiger partial charge in [-0.15, -0.1) is 0 Å². The number of amides is 1. The number of aliphatic hydroxyl groups excluding tert-OH is 1. The van der Waals surface area contributed by atoms with Gasteiger partial charge in [0.1, 0.15) is 0 Å². The normalized spacial score (nSPS) is 10.3. The van der Waals surface area contributed by atoms with Crippen LogP contribution >= 0.6 is 15.9 Å². The van der Waals surface area contributed by atoms with E-state index in [1.54, 1.807) is 0 Å². The summed E-state index contributed by atoms with van der Waals surface area (Å²) in [7, 11) is 0. The van der Waals surface area contributed by atoms with E-state index in [1.807, 2.05) is 6.92 Å². The number of rotatable bonds is 6. The smallest absolute Gasteiger partial charge is 0.270 e. The SMILES string of the molecule is CCCN(CCO)C(=O)c1cc([N+](=O)[O-])ccc1Br. The van der Waals surface area contributed by atoms with E-state index in [4.69, 9.17) is 5.11 Å². The van der Waals surface area contributed by atoms with Crippen LogP contribution in [0.1, 0.15) is 23.7 Å². The van der Waals surface area contributed by atoms with Crippen molar-refractivity contribution in [1.82, 2.24) is 4.90 Å². The molecule has 0 saturated heterocycles. The van der Waals surface area contributed by atoms with Gasteiger partial charge in [0.25, 0.3) is 11.6 Å². The number of hydrogen-bond donors (Lipinski definition) is 1. The van der Waals surface area contributed by atoms with Crippen molar-refractivity contribution in [1.29, 1.82) is 0 Å². The Labute approximate surface area is 119 Å². The van der Waals surface area contributed by atoms with Crippen molar-refractivity contribution in [3.63, 3.8) is 0 Å². The van der Waals surface area contributed by atoms with E-state index < -0.39 is 4.92 Å². The zero-order chi connectivity index (χ0) is 14.4. The largest absolute Gasteiger partial charge is 0.395 e. The number of nitrogens with zero attached hydrogens (tertiary/aromatic N) is 2. The Kier molecular flexibility index (Phi) is 5.91. The average Bonchev–Trinajstić information content (AvgIpc) is 2.38. The highest BCUT2D eigenvalue weighted by atomic mass is 79.9. The van der Waals surface area contributed by atoms with Crippen LogP contribution in [-0.2, 0) is 0 Å². The number of nitro groups is 1. The lowest BCUT2D eigenvalue weighted by atomic mass is 10.1. The van der Waals surface area contributed by atoms with Gasteiger partial charge in [0, 0.05) is 29.7 Å². The van der Waals surface area contributed by atoms with Gasteiger partial charge in [-0.2, -0.15) is 0 Å². The van der Waals surface area contributed by atoms with Crippen LogP contribution < -0.4 is 0 Å². The molecule has 0 atom stereocenters. The molecule has 0 heterocycles. The van der Waals surface area contributed by atoms with Gasteiger partial charge in [0.2, 0.25) is 0 Å². The van der Waals surface area contributed by atoms with E-state index >= 15 is 0 Å². The molecule has 0 spiro atoms. The molecule has 0 fully saturated rings. The fourth-order valence-electron chi connectivity index (χ4n) is 1.67. The average molecular weight is 331 g/mol. The van der Waals surface area contributed by atoms with Gasteiger partial charge in [0.05, 0.1) is 17.1 Å². The van der Waals surface area contributed by atoms with E-state index in [0.29, 0.717) is 11.0 Å². The Morgan fingerprint density at radius 3 is 2.68 bits per heavy atom. The van der Waals surface area contributed by atoms with Gasteiger partial charge in [-0.05, 0) is 28.4 Å². The molecule has 0 saturated carbocycles. The van der Waals surface area contributed by atoms with Crippen molar-refractivity contribution in [2.75, 3.05) is 19.7 Å². The van der Waals surface area contributed by atoms with Gasteiger partial charge in [-0.1, -0.05) is 6.92 Å². The fraction of sp³-hybridized carbons (Fsp3) is 0.417. The standard InChI is InChI=1S/C12H15BrN2O4/c1-2-5-14(6-7-16)12(17)10-8-9(15(18)19)3-4-11(10)13/h3-4,8,16H,2,5-7H2,1H3. The zero-order valence-corrected chi connectivity index (χ0v) is 12.1. The highest BCUT2D eigenvalue weighted by Crippen LogP contribution is 2.24. The summed E-state index contributed by atoms with van der Waals surface area (Å²) in [5.74, 6) is -0.327. The Hall–Kier alpha value is -1.47. The maximum atomic E-state index is 12.3. The minimum absolute atomic E-state index is 0.132. The minimum Gasteiger partial charge on any atom is -0.395 e. The zero-order valence-electron chi connectivity index (χ0n) is 10.5. The van der Waals surface area contributed by atoms with Gasteiger partial charge < -0.3 is 10.0 Å². The second-order valence-corrected chi connectivity index (χ2v) is 4.79. The van der Waals surface area contributed by atoms with Crippen molar-refractivity contribution < 1.29 is 14.8 Å². The highest BCUT2D eigenvalue weighted by molar-refractivity contribution is 9.10. The van der Waals surface area contributed by atoms with Crippen LogP contribution in [0.3, 0.4) is 0 Å². The lowest BCUT2D eigenvalue weighted by Crippen LogP contribution is -2.34. The third kappa shape index (κ3) is 4.00. The molecule has 0 radical (unpaired) electrons. The fourth-order valence-corrected chi connectivity index (χ4v) is 2.08. The number of hydrogen-bond acceptors (Lipinski definition) is 4. The summed E-state index contributed by atoms with van der Waals surface area (Å²) in [6.45, 7) is 2.48. The van der Waals surface area contributed by atoms with Crippen molar-refractivity contribution >= 4 is 27.5 Å². The Morgan fingerprint density at radius 1 is 1.47 bits per heavy atom. The number of halogens is 1. The van der Waals surface area contributed by atoms with Crippen molar-refractivity contribution in [3.8, 4) is 0 Å². The lowest BCUT2D eigenvalue weighted by molar-refractivity contribution is -0.384. The molecule has 104 valence electrons. The second-order valence-electron chi connectivity index (χ2n) is 3.94. The molecule has 1 rings (SSSR count). The summed E-state index contributed by atoms with van der Waals surface area (Å²) in [5, 5.41) is 19.7. The molecule has 1 N–H and O–H groups in total. The van der Waals surface area contributed by atoms with Crippen LogP contribution in [0, 0.1) is 10.1 Å². The summed E-state index contributed by atoms with van der Waals surface area (Å²) in [6, 6.07) is 4.05. The van der Waals surface area contributed by atoms with Gasteiger partial charge in [-0.25, -0.2) is 0 Å². The second kappa shape index (κ2) is 7.20. The van der Waals surface area contributed by atoms with E-state index in [9.17, 15) is 14.9 Å². The summed E-state index contributed by atoms with van der Waals surface area (Å²) < 4.78 is 0.502. The van der Waals surface area contributed by atoms with Crippen LogP contribution in [0.4, 0.5) is 5.69 Å². The first kappa shape index (κ1) is 15.6. The number of carbonyl (C=O) groups is 1. The molecule has 1 aromatic carbocycles. The molecule has 1 aromatic rings. The third-order valence-corrected chi connectivity index (χ3v) is 3.23. The summed E-state index contributed by atoms with van der Waals surface area (Å²) in [4.78, 5) is 24.0. The van der Waals surface area contributed by atoms with Crippen LogP contribution in [0.5, 0.6) is 0 Å². The maximum Gasteiger partial charge on any atom is 0.270 e. The van der Waals surface area contributed by atoms with E-state index in [0.717, 1.165) is 6.42 Å². The number of carbonyl (C=O) groups excluding carboxylic acids is 1. The van der Waals surface area contributed by atoms with E-state index in [-0.39, 0.29) is 30.3 Å². The van der Waals surface area contributed by atoms with Crippen LogP contribution in [-0.4, -0.2) is 40.5 Å². The number of benzene rings is 1. The van der Waals surface area contributed by atoms with E-state index in [1.165, 1.54) is 23.1 Å². The molecule has 0 aliphatic carbocycles. The molecule has 0 bridgehead atoms. The highest BCUT2D eigenvalue weighted by Gasteiger charge is 2.20. The molecule has 0 aromatic heterocycles. The molecule has 0 unspecified atom stereocenters. The topological polar surface area (TPSA) is 83.7 Å². The Morgan fingerprint density at radius 2 is 2.16 bits per heavy atom. The maximum absolute atomic E-state index is 12.3. The Bertz CT molecular complexity index is 473. The molecular formula is C12H15BrN2O4. The van der Waals surface area contributed by atoms with Crippen molar-refractivity contribution in [3.05, 3.63) is 38.3 Å². The predicted molar refractivity (Wildman–Crippen MR) is 74.1 cm³/mol. The lowest BCUT2D eigenvalue weighted by Gasteiger charge is -2.21. The minimum atomic E-state index is -0.542. The van der Waals surface area contributed by atoms with E-state index in [2.05, 4.69) is 15.9 Å². The monoisotopic (exact) mass is 330 g/mol. The van der Waals surface area contributed by atoms with Crippen LogP contribution in [0.15, 0.2) is 22.7 Å². The van der Waals surface area contributed by atoms with Crippen molar-refractivity contribution in [2.24, 2.45) is 0 Å². The van der Waals surface area contributed by atoms with Crippen LogP contribution in [0.2, 0.25) is 0 Å². The molecule has 19 heavy (non-hydrogen) atoms. The first-order valence-electron chi connectivity index (χ1n) is 5.85. The molecule has 7 heteroatoms. The van der Waals surface area contributed by atoms with Gasteiger partial charge >= 0.3 is 0 Å². The summed E-state index contributed by atoms with van der Waals surface area (Å²) >= 11 is 3.22.